The third kappa shape index (κ3) is 8.33. The van der Waals surface area contributed by atoms with Crippen LogP contribution in [-0.4, -0.2) is 24.5 Å². The van der Waals surface area contributed by atoms with Gasteiger partial charge < -0.3 is 20.1 Å². The largest absolute Gasteiger partial charge is 0.457 e. The first-order valence-corrected chi connectivity index (χ1v) is 12.2. The minimum Gasteiger partial charge on any atom is -0.457 e. The molecule has 1 atom stereocenters. The molecule has 0 aromatic heterocycles. The molecule has 0 saturated heterocycles. The molecule has 0 aliphatic heterocycles. The number of benzene rings is 4. The maximum Gasteiger partial charge on any atom is 0.249 e. The van der Waals surface area contributed by atoms with Crippen LogP contribution in [0.15, 0.2) is 109 Å². The summed E-state index contributed by atoms with van der Waals surface area (Å²) >= 11 is 0. The van der Waals surface area contributed by atoms with Crippen molar-refractivity contribution in [3.8, 4) is 11.5 Å². The van der Waals surface area contributed by atoms with E-state index in [-0.39, 0.29) is 24.8 Å². The van der Waals surface area contributed by atoms with E-state index in [0.717, 1.165) is 22.4 Å². The van der Waals surface area contributed by atoms with Gasteiger partial charge in [-0.15, -0.1) is 0 Å². The Kier molecular flexibility index (Phi) is 9.05. The van der Waals surface area contributed by atoms with Crippen LogP contribution in [0.2, 0.25) is 0 Å². The fraction of sp³-hybridized carbons (Fsp3) is 0.161. The van der Waals surface area contributed by atoms with Crippen LogP contribution < -0.4 is 15.4 Å². The Hall–Kier alpha value is -4.42. The van der Waals surface area contributed by atoms with Gasteiger partial charge in [0.2, 0.25) is 11.8 Å². The zero-order valence-electron chi connectivity index (χ0n) is 20.7. The average Bonchev–Trinajstić information content (AvgIpc) is 2.92. The maximum absolute atomic E-state index is 13.1. The standard InChI is InChI=1S/C31H30N2O4/c1-23-12-14-24(15-13-23)20-30(34)33-29(22-36-21-25-8-4-2-5-9-25)31(35)32-26-16-18-28(19-17-26)37-27-10-6-3-7-11-27/h2-19,29H,20-22H2,1H3,(H,32,35)(H,33,34). The first-order chi connectivity index (χ1) is 18.0. The van der Waals surface area contributed by atoms with Crippen LogP contribution in [-0.2, 0) is 27.4 Å². The van der Waals surface area contributed by atoms with Gasteiger partial charge >= 0.3 is 0 Å². The van der Waals surface area contributed by atoms with Crippen molar-refractivity contribution < 1.29 is 19.1 Å². The maximum atomic E-state index is 13.1. The summed E-state index contributed by atoms with van der Waals surface area (Å²) in [5.41, 5.74) is 3.57. The monoisotopic (exact) mass is 494 g/mol. The van der Waals surface area contributed by atoms with E-state index in [4.69, 9.17) is 9.47 Å². The minimum absolute atomic E-state index is 0.0373. The SMILES string of the molecule is Cc1ccc(CC(=O)NC(COCc2ccccc2)C(=O)Nc2ccc(Oc3ccccc3)cc2)cc1. The van der Waals surface area contributed by atoms with Crippen molar-refractivity contribution in [3.63, 3.8) is 0 Å². The second kappa shape index (κ2) is 13.0. The lowest BCUT2D eigenvalue weighted by molar-refractivity contribution is -0.127. The van der Waals surface area contributed by atoms with E-state index in [2.05, 4.69) is 10.6 Å². The van der Waals surface area contributed by atoms with Gasteiger partial charge in [-0.1, -0.05) is 78.4 Å². The molecule has 0 fully saturated rings. The molecule has 0 heterocycles. The average molecular weight is 495 g/mol. The van der Waals surface area contributed by atoms with E-state index < -0.39 is 6.04 Å². The number of ether oxygens (including phenoxy) is 2. The summed E-state index contributed by atoms with van der Waals surface area (Å²) < 4.78 is 11.6. The third-order valence-electron chi connectivity index (χ3n) is 5.63. The molecule has 4 rings (SSSR count). The van der Waals surface area contributed by atoms with E-state index in [1.54, 1.807) is 24.3 Å². The first kappa shape index (κ1) is 25.7. The van der Waals surface area contributed by atoms with Crippen molar-refractivity contribution >= 4 is 17.5 Å². The molecule has 188 valence electrons. The highest BCUT2D eigenvalue weighted by molar-refractivity contribution is 5.97. The summed E-state index contributed by atoms with van der Waals surface area (Å²) in [6, 6.07) is 33.1. The molecular formula is C31H30N2O4. The fourth-order valence-corrected chi connectivity index (χ4v) is 3.65. The number of para-hydroxylation sites is 1. The quantitative estimate of drug-likeness (QED) is 0.282. The van der Waals surface area contributed by atoms with Crippen molar-refractivity contribution in [2.24, 2.45) is 0 Å². The van der Waals surface area contributed by atoms with Gasteiger partial charge in [-0.05, 0) is 54.4 Å². The number of hydrogen-bond acceptors (Lipinski definition) is 4. The highest BCUT2D eigenvalue weighted by Gasteiger charge is 2.21. The number of aryl methyl sites for hydroxylation is 1. The van der Waals surface area contributed by atoms with Gasteiger partial charge in [0.25, 0.3) is 0 Å². The minimum atomic E-state index is -0.859. The van der Waals surface area contributed by atoms with Crippen LogP contribution in [0.4, 0.5) is 5.69 Å². The molecule has 0 aliphatic carbocycles. The normalized spacial score (nSPS) is 11.4. The number of nitrogens with one attached hydrogen (secondary N) is 2. The Labute approximate surface area is 217 Å². The topological polar surface area (TPSA) is 76.7 Å². The van der Waals surface area contributed by atoms with Crippen LogP contribution >= 0.6 is 0 Å². The molecule has 4 aromatic rings. The van der Waals surface area contributed by atoms with Crippen LogP contribution in [0.1, 0.15) is 16.7 Å². The molecule has 0 saturated carbocycles. The predicted molar refractivity (Wildman–Crippen MR) is 144 cm³/mol. The lowest BCUT2D eigenvalue weighted by atomic mass is 10.1. The fourth-order valence-electron chi connectivity index (χ4n) is 3.65. The van der Waals surface area contributed by atoms with Crippen molar-refractivity contribution in [2.75, 3.05) is 11.9 Å². The van der Waals surface area contributed by atoms with Gasteiger partial charge in [-0.25, -0.2) is 0 Å². The van der Waals surface area contributed by atoms with Gasteiger partial charge in [-0.2, -0.15) is 0 Å². The molecule has 6 heteroatoms. The molecule has 2 amide bonds. The molecule has 1 unspecified atom stereocenters. The van der Waals surface area contributed by atoms with E-state index in [9.17, 15) is 9.59 Å². The van der Waals surface area contributed by atoms with Crippen molar-refractivity contribution in [1.29, 1.82) is 0 Å². The number of carbonyl (C=O) groups excluding carboxylic acids is 2. The Bertz CT molecular complexity index is 1270. The second-order valence-electron chi connectivity index (χ2n) is 8.71. The van der Waals surface area contributed by atoms with E-state index >= 15 is 0 Å². The summed E-state index contributed by atoms with van der Waals surface area (Å²) in [6.07, 6.45) is 0.175. The predicted octanol–water partition coefficient (Wildman–Crippen LogP) is 5.67. The number of hydrogen-bond donors (Lipinski definition) is 2. The summed E-state index contributed by atoms with van der Waals surface area (Å²) in [6.45, 7) is 2.37. The molecule has 37 heavy (non-hydrogen) atoms. The number of rotatable bonds is 11. The highest BCUT2D eigenvalue weighted by atomic mass is 16.5. The molecule has 0 bridgehead atoms. The Balaban J connectivity index is 1.38. The lowest BCUT2D eigenvalue weighted by Crippen LogP contribution is -2.47. The first-order valence-electron chi connectivity index (χ1n) is 12.2. The van der Waals surface area contributed by atoms with Crippen molar-refractivity contribution in [3.05, 3.63) is 126 Å². The lowest BCUT2D eigenvalue weighted by Gasteiger charge is -2.19. The van der Waals surface area contributed by atoms with Crippen molar-refractivity contribution in [2.45, 2.75) is 26.0 Å². The van der Waals surface area contributed by atoms with Crippen LogP contribution in [0.3, 0.4) is 0 Å². The number of carbonyl (C=O) groups is 2. The van der Waals surface area contributed by atoms with Gasteiger partial charge in [0.15, 0.2) is 0 Å². The smallest absolute Gasteiger partial charge is 0.249 e. The van der Waals surface area contributed by atoms with E-state index in [0.29, 0.717) is 18.0 Å². The Morgan fingerprint density at radius 2 is 1.35 bits per heavy atom. The van der Waals surface area contributed by atoms with Gasteiger partial charge in [0.1, 0.15) is 17.5 Å². The zero-order chi connectivity index (χ0) is 25.9. The highest BCUT2D eigenvalue weighted by Crippen LogP contribution is 2.22. The molecule has 0 radical (unpaired) electrons. The molecule has 0 aliphatic rings. The summed E-state index contributed by atoms with van der Waals surface area (Å²) in [5, 5.41) is 5.70. The Morgan fingerprint density at radius 1 is 0.730 bits per heavy atom. The summed E-state index contributed by atoms with van der Waals surface area (Å²) in [5.74, 6) is 0.769. The molecular weight excluding hydrogens is 464 g/mol. The number of amides is 2. The zero-order valence-corrected chi connectivity index (χ0v) is 20.7. The molecule has 4 aromatic carbocycles. The summed E-state index contributed by atoms with van der Waals surface area (Å²) in [7, 11) is 0. The molecule has 0 spiro atoms. The summed E-state index contributed by atoms with van der Waals surface area (Å²) in [4.78, 5) is 25.9. The van der Waals surface area contributed by atoms with Gasteiger partial charge in [0, 0.05) is 5.69 Å². The van der Waals surface area contributed by atoms with Crippen molar-refractivity contribution in [1.82, 2.24) is 5.32 Å². The van der Waals surface area contributed by atoms with Gasteiger partial charge in [0.05, 0.1) is 19.6 Å². The van der Waals surface area contributed by atoms with Crippen LogP contribution in [0.5, 0.6) is 11.5 Å². The van der Waals surface area contributed by atoms with E-state index in [1.807, 2.05) is 91.9 Å². The third-order valence-corrected chi connectivity index (χ3v) is 5.63. The molecule has 6 nitrogen and oxygen atoms in total. The second-order valence-corrected chi connectivity index (χ2v) is 8.71. The molecule has 2 N–H and O–H groups in total. The van der Waals surface area contributed by atoms with Gasteiger partial charge in [-0.3, -0.25) is 9.59 Å². The number of anilines is 1. The van der Waals surface area contributed by atoms with E-state index in [1.165, 1.54) is 0 Å². The van der Waals surface area contributed by atoms with Crippen LogP contribution in [0.25, 0.3) is 0 Å². The Morgan fingerprint density at radius 3 is 2.03 bits per heavy atom. The van der Waals surface area contributed by atoms with Crippen LogP contribution in [0, 0.1) is 6.92 Å².